The number of fused-ring (bicyclic) bond motifs is 1. The van der Waals surface area contributed by atoms with E-state index in [2.05, 4.69) is 46.9 Å². The molecular formula is C15H19N3. The Morgan fingerprint density at radius 2 is 2.22 bits per heavy atom. The number of hydrogen-bond acceptors (Lipinski definition) is 2. The zero-order chi connectivity index (χ0) is 12.5. The number of aryl methyl sites for hydroxylation is 2. The predicted molar refractivity (Wildman–Crippen MR) is 72.7 cm³/mol. The van der Waals surface area contributed by atoms with Crippen LogP contribution in [0.2, 0.25) is 0 Å². The van der Waals surface area contributed by atoms with Crippen LogP contribution in [0.4, 0.5) is 0 Å². The first-order chi connectivity index (χ1) is 8.74. The largest absolute Gasteiger partial charge is 0.330 e. The van der Waals surface area contributed by atoms with Crippen LogP contribution in [-0.2, 0) is 19.5 Å². The second-order valence-corrected chi connectivity index (χ2v) is 5.12. The third-order valence-electron chi connectivity index (χ3n) is 3.71. The smallest absolute Gasteiger partial charge is 0.0955 e. The Morgan fingerprint density at radius 3 is 3.11 bits per heavy atom. The Hall–Kier alpha value is -1.61. The van der Waals surface area contributed by atoms with Crippen LogP contribution >= 0.6 is 0 Å². The van der Waals surface area contributed by atoms with Gasteiger partial charge in [-0.1, -0.05) is 23.8 Å². The summed E-state index contributed by atoms with van der Waals surface area (Å²) in [6, 6.07) is 6.66. The summed E-state index contributed by atoms with van der Waals surface area (Å²) in [6.45, 7) is 7.24. The summed E-state index contributed by atoms with van der Waals surface area (Å²) in [6.07, 6.45) is 3.07. The Bertz CT molecular complexity index is 569. The molecule has 94 valence electrons. The van der Waals surface area contributed by atoms with E-state index in [0.717, 1.165) is 26.1 Å². The molecule has 0 spiro atoms. The average Bonchev–Trinajstić information content (AvgIpc) is 2.78. The maximum atomic E-state index is 4.51. The molecule has 2 heterocycles. The van der Waals surface area contributed by atoms with Gasteiger partial charge in [-0.15, -0.1) is 0 Å². The minimum atomic E-state index is 0.912. The van der Waals surface area contributed by atoms with Crippen LogP contribution in [0.15, 0.2) is 24.5 Å². The first kappa shape index (κ1) is 11.5. The summed E-state index contributed by atoms with van der Waals surface area (Å²) in [5.41, 5.74) is 6.69. The van der Waals surface area contributed by atoms with E-state index in [1.807, 2.05) is 6.33 Å². The van der Waals surface area contributed by atoms with Gasteiger partial charge in [-0.3, -0.25) is 0 Å². The Kier molecular flexibility index (Phi) is 2.92. The lowest BCUT2D eigenvalue weighted by molar-refractivity contribution is 0.602. The topological polar surface area (TPSA) is 29.9 Å². The van der Waals surface area contributed by atoms with Gasteiger partial charge in [0.2, 0.25) is 0 Å². The molecule has 0 aliphatic carbocycles. The molecular weight excluding hydrogens is 222 g/mol. The normalized spacial score (nSPS) is 14.6. The number of nitrogens with zero attached hydrogens (tertiary/aromatic N) is 2. The van der Waals surface area contributed by atoms with Gasteiger partial charge in [-0.2, -0.15) is 0 Å². The Morgan fingerprint density at radius 1 is 1.33 bits per heavy atom. The van der Waals surface area contributed by atoms with Crippen LogP contribution < -0.4 is 5.32 Å². The minimum absolute atomic E-state index is 0.912. The molecule has 1 aromatic heterocycles. The van der Waals surface area contributed by atoms with Gasteiger partial charge in [0.25, 0.3) is 0 Å². The number of rotatable bonds is 2. The van der Waals surface area contributed by atoms with Crippen LogP contribution in [0.25, 0.3) is 0 Å². The molecule has 0 fully saturated rings. The molecule has 0 radical (unpaired) electrons. The maximum Gasteiger partial charge on any atom is 0.0955 e. The molecule has 1 aliphatic heterocycles. The summed E-state index contributed by atoms with van der Waals surface area (Å²) < 4.78 is 2.30. The molecule has 0 atom stereocenters. The van der Waals surface area contributed by atoms with Crippen LogP contribution in [-0.4, -0.2) is 16.1 Å². The summed E-state index contributed by atoms with van der Waals surface area (Å²) >= 11 is 0. The van der Waals surface area contributed by atoms with Gasteiger partial charge in [-0.25, -0.2) is 4.98 Å². The highest BCUT2D eigenvalue weighted by Crippen LogP contribution is 2.17. The Labute approximate surface area is 108 Å². The molecule has 0 unspecified atom stereocenters. The lowest BCUT2D eigenvalue weighted by Crippen LogP contribution is -2.25. The third-order valence-corrected chi connectivity index (χ3v) is 3.71. The third kappa shape index (κ3) is 2.06. The standard InChI is InChI=1S/C15H19N3/c1-11-3-4-12(2)13(7-11)9-18-10-17-14-8-16-6-5-15(14)18/h3-4,7,10,16H,5-6,8-9H2,1-2H3. The number of aromatic nitrogens is 2. The molecule has 1 N–H and O–H groups in total. The van der Waals surface area contributed by atoms with E-state index >= 15 is 0 Å². The van der Waals surface area contributed by atoms with Crippen LogP contribution in [0.3, 0.4) is 0 Å². The molecule has 0 saturated carbocycles. The van der Waals surface area contributed by atoms with Crippen molar-refractivity contribution in [3.8, 4) is 0 Å². The fraction of sp³-hybridized carbons (Fsp3) is 0.400. The van der Waals surface area contributed by atoms with Crippen molar-refractivity contribution >= 4 is 0 Å². The predicted octanol–water partition coefficient (Wildman–Crippen LogP) is 2.19. The lowest BCUT2D eigenvalue weighted by atomic mass is 10.1. The monoisotopic (exact) mass is 241 g/mol. The first-order valence-electron chi connectivity index (χ1n) is 6.54. The highest BCUT2D eigenvalue weighted by atomic mass is 15.1. The van der Waals surface area contributed by atoms with Crippen LogP contribution in [0.5, 0.6) is 0 Å². The molecule has 3 rings (SSSR count). The Balaban J connectivity index is 1.92. The fourth-order valence-electron chi connectivity index (χ4n) is 2.59. The van der Waals surface area contributed by atoms with E-state index in [1.165, 1.54) is 28.1 Å². The molecule has 0 bridgehead atoms. The van der Waals surface area contributed by atoms with Crippen molar-refractivity contribution in [3.05, 3.63) is 52.6 Å². The van der Waals surface area contributed by atoms with Gasteiger partial charge in [-0.05, 0) is 25.0 Å². The zero-order valence-corrected chi connectivity index (χ0v) is 11.0. The molecule has 0 saturated heterocycles. The molecule has 1 aliphatic rings. The van der Waals surface area contributed by atoms with Crippen molar-refractivity contribution in [2.45, 2.75) is 33.4 Å². The van der Waals surface area contributed by atoms with Gasteiger partial charge in [0.15, 0.2) is 0 Å². The lowest BCUT2D eigenvalue weighted by Gasteiger charge is -2.16. The summed E-state index contributed by atoms with van der Waals surface area (Å²) in [5, 5.41) is 3.36. The van der Waals surface area contributed by atoms with E-state index in [-0.39, 0.29) is 0 Å². The summed E-state index contributed by atoms with van der Waals surface area (Å²) in [5.74, 6) is 0. The minimum Gasteiger partial charge on any atom is -0.330 e. The van der Waals surface area contributed by atoms with E-state index in [1.54, 1.807) is 0 Å². The van der Waals surface area contributed by atoms with Crippen molar-refractivity contribution in [2.75, 3.05) is 6.54 Å². The maximum absolute atomic E-state index is 4.51. The quantitative estimate of drug-likeness (QED) is 0.873. The number of imidazole rings is 1. The van der Waals surface area contributed by atoms with Gasteiger partial charge in [0.05, 0.1) is 12.0 Å². The van der Waals surface area contributed by atoms with Crippen LogP contribution in [0.1, 0.15) is 28.1 Å². The zero-order valence-electron chi connectivity index (χ0n) is 11.0. The van der Waals surface area contributed by atoms with Crippen LogP contribution in [0, 0.1) is 13.8 Å². The van der Waals surface area contributed by atoms with Crippen molar-refractivity contribution in [1.82, 2.24) is 14.9 Å². The second kappa shape index (κ2) is 4.58. The molecule has 2 aromatic rings. The first-order valence-corrected chi connectivity index (χ1v) is 6.54. The molecule has 3 nitrogen and oxygen atoms in total. The number of nitrogens with one attached hydrogen (secondary N) is 1. The summed E-state index contributed by atoms with van der Waals surface area (Å²) in [4.78, 5) is 4.51. The summed E-state index contributed by atoms with van der Waals surface area (Å²) in [7, 11) is 0. The average molecular weight is 241 g/mol. The van der Waals surface area contributed by atoms with E-state index in [0.29, 0.717) is 0 Å². The van der Waals surface area contributed by atoms with Crippen molar-refractivity contribution in [2.24, 2.45) is 0 Å². The molecule has 3 heteroatoms. The van der Waals surface area contributed by atoms with Gasteiger partial charge >= 0.3 is 0 Å². The van der Waals surface area contributed by atoms with E-state index in [4.69, 9.17) is 0 Å². The highest BCUT2D eigenvalue weighted by molar-refractivity contribution is 5.31. The van der Waals surface area contributed by atoms with Crippen molar-refractivity contribution < 1.29 is 0 Å². The molecule has 18 heavy (non-hydrogen) atoms. The highest BCUT2D eigenvalue weighted by Gasteiger charge is 2.15. The van der Waals surface area contributed by atoms with Gasteiger partial charge < -0.3 is 9.88 Å². The van der Waals surface area contributed by atoms with Crippen molar-refractivity contribution in [1.29, 1.82) is 0 Å². The molecule has 1 aromatic carbocycles. The van der Waals surface area contributed by atoms with Crippen molar-refractivity contribution in [3.63, 3.8) is 0 Å². The number of benzene rings is 1. The number of hydrogen-bond donors (Lipinski definition) is 1. The SMILES string of the molecule is Cc1ccc(C)c(Cn2cnc3c2CCNC3)c1. The van der Waals surface area contributed by atoms with Gasteiger partial charge in [0.1, 0.15) is 0 Å². The van der Waals surface area contributed by atoms with E-state index in [9.17, 15) is 0 Å². The fourth-order valence-corrected chi connectivity index (χ4v) is 2.59. The van der Waals surface area contributed by atoms with Gasteiger partial charge in [0, 0.05) is 31.7 Å². The molecule has 0 amide bonds. The second-order valence-electron chi connectivity index (χ2n) is 5.12. The van der Waals surface area contributed by atoms with E-state index < -0.39 is 0 Å².